The van der Waals surface area contributed by atoms with Crippen molar-refractivity contribution in [3.05, 3.63) is 58.7 Å². The molecule has 3 aromatic heterocycles. The van der Waals surface area contributed by atoms with Crippen molar-refractivity contribution < 1.29 is 9.21 Å². The lowest BCUT2D eigenvalue weighted by Crippen LogP contribution is -2.15. The molecular weight excluding hydrogens is 320 g/mol. The highest BCUT2D eigenvalue weighted by Crippen LogP contribution is 2.24. The fourth-order valence-corrected chi connectivity index (χ4v) is 2.69. The van der Waals surface area contributed by atoms with Crippen molar-refractivity contribution in [1.29, 1.82) is 0 Å². The lowest BCUT2D eigenvalue weighted by Gasteiger charge is -2.04. The lowest BCUT2D eigenvalue weighted by atomic mass is 10.1. The Bertz CT molecular complexity index is 1210. The van der Waals surface area contributed by atoms with E-state index in [1.165, 1.54) is 12.3 Å². The van der Waals surface area contributed by atoms with Gasteiger partial charge in [0.25, 0.3) is 11.5 Å². The van der Waals surface area contributed by atoms with Gasteiger partial charge in [-0.3, -0.25) is 9.59 Å². The summed E-state index contributed by atoms with van der Waals surface area (Å²) >= 11 is 0. The van der Waals surface area contributed by atoms with Gasteiger partial charge in [-0.25, -0.2) is 4.99 Å². The Kier molecular flexibility index (Phi) is 3.35. The minimum atomic E-state index is -0.437. The second-order valence-electron chi connectivity index (χ2n) is 5.88. The first-order chi connectivity index (χ1) is 12.0. The van der Waals surface area contributed by atoms with Gasteiger partial charge < -0.3 is 9.40 Å². The molecule has 0 atom stereocenters. The zero-order chi connectivity index (χ0) is 17.6. The summed E-state index contributed by atoms with van der Waals surface area (Å²) in [5, 5.41) is 4.92. The molecule has 3 heterocycles. The molecule has 0 aliphatic rings. The van der Waals surface area contributed by atoms with E-state index < -0.39 is 5.91 Å². The highest BCUT2D eigenvalue weighted by molar-refractivity contribution is 6.06. The molecule has 0 saturated carbocycles. The van der Waals surface area contributed by atoms with Crippen LogP contribution in [-0.4, -0.2) is 26.2 Å². The van der Waals surface area contributed by atoms with Crippen LogP contribution >= 0.6 is 0 Å². The molecule has 4 aromatic rings. The van der Waals surface area contributed by atoms with Crippen LogP contribution in [0.5, 0.6) is 0 Å². The van der Waals surface area contributed by atoms with Gasteiger partial charge in [0.15, 0.2) is 5.65 Å². The molecule has 0 spiro atoms. The molecule has 7 nitrogen and oxygen atoms in total. The Hall–Kier alpha value is -3.48. The Labute approximate surface area is 141 Å². The second kappa shape index (κ2) is 5.55. The number of nitrogens with one attached hydrogen (secondary N) is 1. The highest BCUT2D eigenvalue weighted by Gasteiger charge is 2.15. The third-order valence-corrected chi connectivity index (χ3v) is 3.82. The smallest absolute Gasteiger partial charge is 0.282 e. The molecule has 0 aliphatic heterocycles. The van der Waals surface area contributed by atoms with E-state index in [4.69, 9.17) is 4.42 Å². The monoisotopic (exact) mass is 334 g/mol. The third-order valence-electron chi connectivity index (χ3n) is 3.82. The number of hydrogen-bond donors (Lipinski definition) is 1. The van der Waals surface area contributed by atoms with Crippen LogP contribution in [0.3, 0.4) is 0 Å². The summed E-state index contributed by atoms with van der Waals surface area (Å²) in [6, 6.07) is 8.89. The van der Waals surface area contributed by atoms with Gasteiger partial charge in [0.2, 0.25) is 0 Å². The summed E-state index contributed by atoms with van der Waals surface area (Å²) in [6.07, 6.45) is 2.96. The SMILES string of the molecule is CC(C)=NC(=O)c1cnn2c(=O)cc(-c3ccc4occc4c3)[nH]c12. The first kappa shape index (κ1) is 15.1. The molecule has 0 aliphatic carbocycles. The van der Waals surface area contributed by atoms with Crippen LogP contribution in [0.2, 0.25) is 0 Å². The summed E-state index contributed by atoms with van der Waals surface area (Å²) in [5.74, 6) is -0.437. The largest absolute Gasteiger partial charge is 0.464 e. The summed E-state index contributed by atoms with van der Waals surface area (Å²) in [7, 11) is 0. The number of hydrogen-bond acceptors (Lipinski definition) is 4. The minimum absolute atomic E-state index is 0.254. The summed E-state index contributed by atoms with van der Waals surface area (Å²) in [5.41, 5.74) is 3.05. The van der Waals surface area contributed by atoms with Crippen molar-refractivity contribution in [2.75, 3.05) is 0 Å². The maximum Gasteiger partial charge on any atom is 0.282 e. The number of carbonyl (C=O) groups excluding carboxylic acids is 1. The van der Waals surface area contributed by atoms with Crippen LogP contribution in [0.4, 0.5) is 0 Å². The van der Waals surface area contributed by atoms with Crippen molar-refractivity contribution in [3.63, 3.8) is 0 Å². The summed E-state index contributed by atoms with van der Waals surface area (Å²) in [4.78, 5) is 31.7. The van der Waals surface area contributed by atoms with Crippen molar-refractivity contribution >= 4 is 28.2 Å². The Morgan fingerprint density at radius 1 is 1.24 bits per heavy atom. The van der Waals surface area contributed by atoms with E-state index in [0.717, 1.165) is 21.0 Å². The van der Waals surface area contributed by atoms with Gasteiger partial charge in [-0.2, -0.15) is 9.61 Å². The zero-order valence-electron chi connectivity index (χ0n) is 13.6. The molecule has 0 saturated heterocycles. The van der Waals surface area contributed by atoms with Gasteiger partial charge in [0, 0.05) is 17.2 Å². The predicted octanol–water partition coefficient (Wildman–Crippen LogP) is 3.06. The third kappa shape index (κ3) is 2.55. The molecule has 7 heteroatoms. The molecular formula is C18H14N4O3. The highest BCUT2D eigenvalue weighted by atomic mass is 16.3. The van der Waals surface area contributed by atoms with E-state index in [0.29, 0.717) is 17.1 Å². The normalized spacial score (nSPS) is 11.1. The van der Waals surface area contributed by atoms with Gasteiger partial charge in [0.05, 0.1) is 18.2 Å². The number of fused-ring (bicyclic) bond motifs is 2. The van der Waals surface area contributed by atoms with Crippen LogP contribution in [0.1, 0.15) is 24.2 Å². The van der Waals surface area contributed by atoms with Gasteiger partial charge in [0.1, 0.15) is 11.1 Å². The number of furan rings is 1. The molecule has 0 unspecified atom stereocenters. The first-order valence-corrected chi connectivity index (χ1v) is 7.68. The number of carbonyl (C=O) groups is 1. The van der Waals surface area contributed by atoms with E-state index in [2.05, 4.69) is 15.1 Å². The van der Waals surface area contributed by atoms with E-state index in [1.807, 2.05) is 24.3 Å². The van der Waals surface area contributed by atoms with Crippen molar-refractivity contribution in [2.24, 2.45) is 4.99 Å². The number of nitrogens with zero attached hydrogens (tertiary/aromatic N) is 3. The molecule has 0 fully saturated rings. The van der Waals surface area contributed by atoms with Crippen molar-refractivity contribution in [3.8, 4) is 11.3 Å². The lowest BCUT2D eigenvalue weighted by molar-refractivity contribution is 0.100. The van der Waals surface area contributed by atoms with Gasteiger partial charge in [-0.1, -0.05) is 0 Å². The Balaban J connectivity index is 1.92. The number of benzene rings is 1. The van der Waals surface area contributed by atoms with Crippen molar-refractivity contribution in [2.45, 2.75) is 13.8 Å². The summed E-state index contributed by atoms with van der Waals surface area (Å²) < 4.78 is 6.49. The van der Waals surface area contributed by atoms with Crippen LogP contribution in [0.25, 0.3) is 27.9 Å². The summed E-state index contributed by atoms with van der Waals surface area (Å²) in [6.45, 7) is 3.47. The zero-order valence-corrected chi connectivity index (χ0v) is 13.6. The Morgan fingerprint density at radius 3 is 2.88 bits per heavy atom. The topological polar surface area (TPSA) is 92.7 Å². The molecule has 1 aromatic carbocycles. The second-order valence-corrected chi connectivity index (χ2v) is 5.88. The van der Waals surface area contributed by atoms with E-state index >= 15 is 0 Å². The molecule has 1 amide bonds. The fourth-order valence-electron chi connectivity index (χ4n) is 2.69. The number of aromatic nitrogens is 3. The average molecular weight is 334 g/mol. The quantitative estimate of drug-likeness (QED) is 0.570. The number of aliphatic imine (C=N–C) groups is 1. The van der Waals surface area contributed by atoms with Crippen LogP contribution in [0, 0.1) is 0 Å². The van der Waals surface area contributed by atoms with Gasteiger partial charge >= 0.3 is 0 Å². The molecule has 1 N–H and O–H groups in total. The van der Waals surface area contributed by atoms with Crippen LogP contribution in [-0.2, 0) is 0 Å². The van der Waals surface area contributed by atoms with Gasteiger partial charge in [-0.05, 0) is 43.7 Å². The predicted molar refractivity (Wildman–Crippen MR) is 94.1 cm³/mol. The van der Waals surface area contributed by atoms with E-state index in [9.17, 15) is 9.59 Å². The number of rotatable bonds is 2. The van der Waals surface area contributed by atoms with Gasteiger partial charge in [-0.15, -0.1) is 0 Å². The molecule has 25 heavy (non-hydrogen) atoms. The maximum absolute atomic E-state index is 12.4. The number of H-pyrrole nitrogens is 1. The maximum atomic E-state index is 12.4. The number of amides is 1. The van der Waals surface area contributed by atoms with Crippen LogP contribution < -0.4 is 5.56 Å². The molecule has 0 bridgehead atoms. The molecule has 4 rings (SSSR count). The number of aromatic amines is 1. The molecule has 124 valence electrons. The average Bonchev–Trinajstić information content (AvgIpc) is 3.20. The van der Waals surface area contributed by atoms with Crippen LogP contribution in [0.15, 0.2) is 57.0 Å². The molecule has 0 radical (unpaired) electrons. The van der Waals surface area contributed by atoms with Crippen molar-refractivity contribution in [1.82, 2.24) is 14.6 Å². The van der Waals surface area contributed by atoms with E-state index in [-0.39, 0.29) is 11.1 Å². The Morgan fingerprint density at radius 2 is 2.08 bits per heavy atom. The minimum Gasteiger partial charge on any atom is -0.464 e. The fraction of sp³-hybridized carbons (Fsp3) is 0.111. The standard InChI is InChI=1S/C18H14N4O3/c1-10(2)20-18(24)13-9-19-22-16(23)8-14(21-17(13)22)11-3-4-15-12(7-11)5-6-25-15/h3-9,21H,1-2H3. The first-order valence-electron chi connectivity index (χ1n) is 7.68. The van der Waals surface area contributed by atoms with E-state index in [1.54, 1.807) is 20.1 Å².